The van der Waals surface area contributed by atoms with Gasteiger partial charge in [-0.05, 0) is 33.6 Å². The summed E-state index contributed by atoms with van der Waals surface area (Å²) in [5, 5.41) is 13.0. The molecule has 0 saturated carbocycles. The fourth-order valence-corrected chi connectivity index (χ4v) is 2.45. The number of carbonyl (C=O) groups is 1. The highest BCUT2D eigenvalue weighted by atomic mass is 16.4. The smallest absolute Gasteiger partial charge is 0.338 e. The van der Waals surface area contributed by atoms with E-state index in [1.165, 1.54) is 6.20 Å². The molecule has 0 amide bonds. The molecule has 2 heterocycles. The van der Waals surface area contributed by atoms with Crippen molar-refractivity contribution >= 4 is 5.97 Å². The first-order valence-corrected chi connectivity index (χ1v) is 6.40. The van der Waals surface area contributed by atoms with Crippen molar-refractivity contribution in [3.05, 3.63) is 18.0 Å². The highest BCUT2D eigenvalue weighted by Gasteiger charge is 2.28. The molecule has 1 aromatic rings. The third-order valence-corrected chi connectivity index (χ3v) is 3.64. The quantitative estimate of drug-likeness (QED) is 0.873. The van der Waals surface area contributed by atoms with E-state index in [-0.39, 0.29) is 11.1 Å². The number of aromatic carboxylic acids is 1. The first-order valence-electron chi connectivity index (χ1n) is 6.40. The first-order chi connectivity index (χ1) is 8.38. The van der Waals surface area contributed by atoms with Crippen molar-refractivity contribution in [2.75, 3.05) is 13.1 Å². The number of carboxylic acids is 1. The lowest BCUT2D eigenvalue weighted by atomic mass is 9.98. The van der Waals surface area contributed by atoms with Gasteiger partial charge in [0.1, 0.15) is 0 Å². The van der Waals surface area contributed by atoms with Gasteiger partial charge in [0, 0.05) is 24.8 Å². The predicted octanol–water partition coefficient (Wildman–Crippen LogP) is 2.02. The molecule has 0 unspecified atom stereocenters. The molecule has 1 aliphatic heterocycles. The molecule has 2 rings (SSSR count). The van der Waals surface area contributed by atoms with Gasteiger partial charge in [-0.1, -0.05) is 0 Å². The van der Waals surface area contributed by atoms with Gasteiger partial charge < -0.3 is 5.11 Å². The SMILES string of the molecule is CC(C)(C)N1CCC(n2cc(C(=O)O)cn2)CC1. The van der Waals surface area contributed by atoms with E-state index >= 15 is 0 Å². The molecular weight excluding hydrogens is 230 g/mol. The number of likely N-dealkylation sites (tertiary alicyclic amines) is 1. The summed E-state index contributed by atoms with van der Waals surface area (Å²) >= 11 is 0. The Bertz CT molecular complexity index is 426. The average molecular weight is 251 g/mol. The van der Waals surface area contributed by atoms with Gasteiger partial charge in [-0.25, -0.2) is 4.79 Å². The number of hydrogen-bond acceptors (Lipinski definition) is 3. The van der Waals surface area contributed by atoms with Crippen LogP contribution in [-0.4, -0.2) is 44.4 Å². The van der Waals surface area contributed by atoms with Gasteiger partial charge in [-0.2, -0.15) is 5.10 Å². The van der Waals surface area contributed by atoms with Crippen LogP contribution in [0.4, 0.5) is 0 Å². The molecule has 1 N–H and O–H groups in total. The average Bonchev–Trinajstić information content (AvgIpc) is 2.77. The number of hydrogen-bond donors (Lipinski definition) is 1. The van der Waals surface area contributed by atoms with Gasteiger partial charge in [0.15, 0.2) is 0 Å². The summed E-state index contributed by atoms with van der Waals surface area (Å²) in [6.07, 6.45) is 5.12. The third kappa shape index (κ3) is 2.72. The van der Waals surface area contributed by atoms with E-state index in [4.69, 9.17) is 5.11 Å². The van der Waals surface area contributed by atoms with Gasteiger partial charge in [-0.15, -0.1) is 0 Å². The molecule has 1 fully saturated rings. The summed E-state index contributed by atoms with van der Waals surface area (Å²) in [5.74, 6) is -0.909. The molecule has 0 aliphatic carbocycles. The maximum atomic E-state index is 10.8. The summed E-state index contributed by atoms with van der Waals surface area (Å²) < 4.78 is 1.81. The lowest BCUT2D eigenvalue weighted by Crippen LogP contribution is -2.46. The molecule has 5 nitrogen and oxygen atoms in total. The van der Waals surface area contributed by atoms with Crippen molar-refractivity contribution in [2.24, 2.45) is 0 Å². The van der Waals surface area contributed by atoms with Crippen molar-refractivity contribution < 1.29 is 9.90 Å². The molecule has 0 bridgehead atoms. The molecule has 0 spiro atoms. The van der Waals surface area contributed by atoms with Gasteiger partial charge in [0.2, 0.25) is 0 Å². The van der Waals surface area contributed by atoms with Crippen LogP contribution >= 0.6 is 0 Å². The summed E-state index contributed by atoms with van der Waals surface area (Å²) in [7, 11) is 0. The van der Waals surface area contributed by atoms with Crippen LogP contribution in [0.5, 0.6) is 0 Å². The number of carboxylic acid groups (broad SMARTS) is 1. The van der Waals surface area contributed by atoms with E-state index in [0.29, 0.717) is 6.04 Å². The van der Waals surface area contributed by atoms with Crippen LogP contribution in [0.1, 0.15) is 50.0 Å². The lowest BCUT2D eigenvalue weighted by molar-refractivity contribution is 0.0696. The molecule has 0 radical (unpaired) electrons. The predicted molar refractivity (Wildman–Crippen MR) is 68.8 cm³/mol. The van der Waals surface area contributed by atoms with Crippen molar-refractivity contribution in [1.29, 1.82) is 0 Å². The Kier molecular flexibility index (Phi) is 3.43. The zero-order chi connectivity index (χ0) is 13.3. The van der Waals surface area contributed by atoms with E-state index in [1.807, 2.05) is 4.68 Å². The van der Waals surface area contributed by atoms with Crippen molar-refractivity contribution in [3.63, 3.8) is 0 Å². The van der Waals surface area contributed by atoms with Crippen LogP contribution in [0.3, 0.4) is 0 Å². The number of nitrogens with zero attached hydrogens (tertiary/aromatic N) is 3. The van der Waals surface area contributed by atoms with Crippen LogP contribution in [0.2, 0.25) is 0 Å². The van der Waals surface area contributed by atoms with Crippen LogP contribution in [0.15, 0.2) is 12.4 Å². The van der Waals surface area contributed by atoms with Crippen LogP contribution in [-0.2, 0) is 0 Å². The minimum atomic E-state index is -0.909. The minimum Gasteiger partial charge on any atom is -0.478 e. The fraction of sp³-hybridized carbons (Fsp3) is 0.692. The van der Waals surface area contributed by atoms with Crippen molar-refractivity contribution in [2.45, 2.75) is 45.2 Å². The zero-order valence-corrected chi connectivity index (χ0v) is 11.3. The second-order valence-corrected chi connectivity index (χ2v) is 5.90. The number of rotatable bonds is 2. The summed E-state index contributed by atoms with van der Waals surface area (Å²) in [6, 6.07) is 0.330. The zero-order valence-electron chi connectivity index (χ0n) is 11.3. The number of aromatic nitrogens is 2. The molecule has 0 atom stereocenters. The van der Waals surface area contributed by atoms with Gasteiger partial charge in [-0.3, -0.25) is 9.58 Å². The second-order valence-electron chi connectivity index (χ2n) is 5.90. The highest BCUT2D eigenvalue weighted by Crippen LogP contribution is 2.26. The molecular formula is C13H21N3O2. The third-order valence-electron chi connectivity index (χ3n) is 3.64. The molecule has 5 heteroatoms. The molecule has 100 valence electrons. The minimum absolute atomic E-state index is 0.210. The Morgan fingerprint density at radius 2 is 2.00 bits per heavy atom. The number of piperidine rings is 1. The highest BCUT2D eigenvalue weighted by molar-refractivity contribution is 5.86. The topological polar surface area (TPSA) is 58.4 Å². The van der Waals surface area contributed by atoms with Crippen molar-refractivity contribution in [3.8, 4) is 0 Å². The molecule has 1 aliphatic rings. The van der Waals surface area contributed by atoms with Gasteiger partial charge >= 0.3 is 5.97 Å². The van der Waals surface area contributed by atoms with E-state index in [2.05, 4.69) is 30.8 Å². The van der Waals surface area contributed by atoms with Crippen LogP contribution in [0.25, 0.3) is 0 Å². The standard InChI is InChI=1S/C13H21N3O2/c1-13(2,3)15-6-4-11(5-7-15)16-9-10(8-14-16)12(17)18/h8-9,11H,4-7H2,1-3H3,(H,17,18). The van der Waals surface area contributed by atoms with Gasteiger partial charge in [0.25, 0.3) is 0 Å². The molecule has 1 aromatic heterocycles. The Balaban J connectivity index is 1.99. The van der Waals surface area contributed by atoms with Crippen LogP contribution in [0, 0.1) is 0 Å². The Morgan fingerprint density at radius 1 is 1.39 bits per heavy atom. The van der Waals surface area contributed by atoms with E-state index in [9.17, 15) is 4.79 Å². The van der Waals surface area contributed by atoms with E-state index < -0.39 is 5.97 Å². The fourth-order valence-electron chi connectivity index (χ4n) is 2.45. The van der Waals surface area contributed by atoms with E-state index in [0.717, 1.165) is 25.9 Å². The molecule has 18 heavy (non-hydrogen) atoms. The summed E-state index contributed by atoms with van der Waals surface area (Å²) in [6.45, 7) is 8.75. The summed E-state index contributed by atoms with van der Waals surface area (Å²) in [5.41, 5.74) is 0.481. The van der Waals surface area contributed by atoms with Gasteiger partial charge in [0.05, 0.1) is 17.8 Å². The largest absolute Gasteiger partial charge is 0.478 e. The Hall–Kier alpha value is -1.36. The maximum absolute atomic E-state index is 10.8. The van der Waals surface area contributed by atoms with E-state index in [1.54, 1.807) is 6.20 Å². The van der Waals surface area contributed by atoms with Crippen LogP contribution < -0.4 is 0 Å². The second kappa shape index (κ2) is 4.72. The maximum Gasteiger partial charge on any atom is 0.338 e. The lowest BCUT2D eigenvalue weighted by Gasteiger charge is -2.40. The normalized spacial score (nSPS) is 19.1. The first kappa shape index (κ1) is 13.1. The Morgan fingerprint density at radius 3 is 2.44 bits per heavy atom. The summed E-state index contributed by atoms with van der Waals surface area (Å²) in [4.78, 5) is 13.3. The van der Waals surface area contributed by atoms with Crippen molar-refractivity contribution in [1.82, 2.24) is 14.7 Å². The Labute approximate surface area is 107 Å². The molecule has 1 saturated heterocycles. The molecule has 0 aromatic carbocycles. The monoisotopic (exact) mass is 251 g/mol.